The van der Waals surface area contributed by atoms with Crippen molar-refractivity contribution in [3.8, 4) is 5.75 Å². The standard InChI is InChI=1S/C14H19F3N2O2.ClH/c1-10(18)6-7-13(20)19-8-11-4-2-3-5-12(11)21-9-14(15,16)17;/h2-5,10H,6-9,18H2,1H3,(H,19,20);1H. The molecule has 0 bridgehead atoms. The average Bonchev–Trinajstić information content (AvgIpc) is 2.40. The van der Waals surface area contributed by atoms with Crippen molar-refractivity contribution >= 4 is 18.3 Å². The second-order valence-corrected chi connectivity index (χ2v) is 4.80. The number of carbonyl (C=O) groups excluding carboxylic acids is 1. The molecule has 0 saturated carbocycles. The lowest BCUT2D eigenvalue weighted by molar-refractivity contribution is -0.153. The zero-order chi connectivity index (χ0) is 15.9. The molecule has 8 heteroatoms. The van der Waals surface area contributed by atoms with Crippen LogP contribution >= 0.6 is 12.4 Å². The molecule has 1 aromatic carbocycles. The highest BCUT2D eigenvalue weighted by molar-refractivity contribution is 5.85. The highest BCUT2D eigenvalue weighted by atomic mass is 35.5. The van der Waals surface area contributed by atoms with E-state index in [9.17, 15) is 18.0 Å². The third-order valence-electron chi connectivity index (χ3n) is 2.67. The summed E-state index contributed by atoms with van der Waals surface area (Å²) in [5.41, 5.74) is 6.04. The van der Waals surface area contributed by atoms with E-state index in [-0.39, 0.29) is 43.1 Å². The number of rotatable bonds is 7. The molecule has 4 nitrogen and oxygen atoms in total. The monoisotopic (exact) mass is 340 g/mol. The molecule has 3 N–H and O–H groups in total. The van der Waals surface area contributed by atoms with Crippen molar-refractivity contribution in [2.75, 3.05) is 6.61 Å². The van der Waals surface area contributed by atoms with Gasteiger partial charge >= 0.3 is 6.18 Å². The van der Waals surface area contributed by atoms with Crippen molar-refractivity contribution < 1.29 is 22.7 Å². The predicted octanol–water partition coefficient (Wildman–Crippen LogP) is 2.79. The van der Waals surface area contributed by atoms with E-state index in [1.165, 1.54) is 6.07 Å². The van der Waals surface area contributed by atoms with Crippen molar-refractivity contribution in [1.82, 2.24) is 5.32 Å². The minimum Gasteiger partial charge on any atom is -0.484 e. The fourth-order valence-electron chi connectivity index (χ4n) is 1.59. The van der Waals surface area contributed by atoms with Gasteiger partial charge in [-0.05, 0) is 19.4 Å². The summed E-state index contributed by atoms with van der Waals surface area (Å²) in [7, 11) is 0. The summed E-state index contributed by atoms with van der Waals surface area (Å²) in [6.45, 7) is 0.558. The number of benzene rings is 1. The Kier molecular flexibility index (Phi) is 8.89. The number of hydrogen-bond donors (Lipinski definition) is 2. The van der Waals surface area contributed by atoms with Crippen molar-refractivity contribution in [3.05, 3.63) is 29.8 Å². The number of para-hydroxylation sites is 1. The van der Waals surface area contributed by atoms with Gasteiger partial charge < -0.3 is 15.8 Å². The molecule has 0 aliphatic rings. The highest BCUT2D eigenvalue weighted by Crippen LogP contribution is 2.22. The molecule has 0 heterocycles. The van der Waals surface area contributed by atoms with Gasteiger partial charge in [-0.2, -0.15) is 13.2 Å². The molecule has 0 spiro atoms. The van der Waals surface area contributed by atoms with Crippen LogP contribution in [0.2, 0.25) is 0 Å². The predicted molar refractivity (Wildman–Crippen MR) is 80.0 cm³/mol. The summed E-state index contributed by atoms with van der Waals surface area (Å²) in [6, 6.07) is 6.22. The van der Waals surface area contributed by atoms with Gasteiger partial charge in [0, 0.05) is 24.6 Å². The Hall–Kier alpha value is -1.47. The van der Waals surface area contributed by atoms with Crippen LogP contribution in [0, 0.1) is 0 Å². The minimum atomic E-state index is -4.40. The lowest BCUT2D eigenvalue weighted by atomic mass is 10.1. The van der Waals surface area contributed by atoms with E-state index >= 15 is 0 Å². The molecule has 126 valence electrons. The zero-order valence-electron chi connectivity index (χ0n) is 12.2. The van der Waals surface area contributed by atoms with Gasteiger partial charge in [-0.3, -0.25) is 4.79 Å². The third-order valence-corrected chi connectivity index (χ3v) is 2.67. The normalized spacial score (nSPS) is 12.2. The van der Waals surface area contributed by atoms with Crippen LogP contribution in [0.25, 0.3) is 0 Å². The van der Waals surface area contributed by atoms with Crippen LogP contribution in [0.4, 0.5) is 13.2 Å². The van der Waals surface area contributed by atoms with E-state index in [1.807, 2.05) is 0 Å². The molecule has 1 aromatic rings. The second-order valence-electron chi connectivity index (χ2n) is 4.80. The maximum atomic E-state index is 12.2. The molecule has 0 fully saturated rings. The van der Waals surface area contributed by atoms with Crippen LogP contribution in [0.5, 0.6) is 5.75 Å². The smallest absolute Gasteiger partial charge is 0.422 e. The molecular formula is C14H20ClF3N2O2. The Morgan fingerprint density at radius 1 is 1.36 bits per heavy atom. The molecule has 0 aliphatic carbocycles. The molecule has 0 saturated heterocycles. The number of carbonyl (C=O) groups is 1. The number of nitrogens with two attached hydrogens (primary N) is 1. The van der Waals surface area contributed by atoms with Crippen LogP contribution in [-0.2, 0) is 11.3 Å². The van der Waals surface area contributed by atoms with Gasteiger partial charge in [0.2, 0.25) is 5.91 Å². The summed E-state index contributed by atoms with van der Waals surface area (Å²) < 4.78 is 41.2. The van der Waals surface area contributed by atoms with Crippen LogP contribution in [0.1, 0.15) is 25.3 Å². The molecule has 1 amide bonds. The Morgan fingerprint density at radius 3 is 2.59 bits per heavy atom. The van der Waals surface area contributed by atoms with Gasteiger partial charge in [-0.25, -0.2) is 0 Å². The van der Waals surface area contributed by atoms with Gasteiger partial charge in [0.05, 0.1) is 0 Å². The number of alkyl halides is 3. The first kappa shape index (κ1) is 20.5. The van der Waals surface area contributed by atoms with E-state index < -0.39 is 12.8 Å². The minimum absolute atomic E-state index is 0. The van der Waals surface area contributed by atoms with E-state index in [1.54, 1.807) is 25.1 Å². The molecular weight excluding hydrogens is 321 g/mol. The van der Waals surface area contributed by atoms with Crippen molar-refractivity contribution in [2.45, 2.75) is 38.5 Å². The Bertz CT molecular complexity index is 468. The fraction of sp³-hybridized carbons (Fsp3) is 0.500. The number of ether oxygens (including phenoxy) is 1. The van der Waals surface area contributed by atoms with Gasteiger partial charge in [0.25, 0.3) is 0 Å². The maximum absolute atomic E-state index is 12.2. The van der Waals surface area contributed by atoms with Crippen molar-refractivity contribution in [1.29, 1.82) is 0 Å². The first-order valence-electron chi connectivity index (χ1n) is 6.57. The summed E-state index contributed by atoms with van der Waals surface area (Å²) in [5.74, 6) is -0.0831. The topological polar surface area (TPSA) is 64.4 Å². The van der Waals surface area contributed by atoms with Crippen molar-refractivity contribution in [2.24, 2.45) is 5.73 Å². The molecule has 1 atom stereocenters. The van der Waals surface area contributed by atoms with Gasteiger partial charge in [0.15, 0.2) is 6.61 Å². The van der Waals surface area contributed by atoms with Crippen molar-refractivity contribution in [3.63, 3.8) is 0 Å². The molecule has 0 radical (unpaired) electrons. The van der Waals surface area contributed by atoms with Gasteiger partial charge in [-0.15, -0.1) is 12.4 Å². The zero-order valence-corrected chi connectivity index (χ0v) is 13.0. The molecule has 1 rings (SSSR count). The Balaban J connectivity index is 0.00000441. The fourth-order valence-corrected chi connectivity index (χ4v) is 1.59. The molecule has 0 aromatic heterocycles. The Labute approximate surface area is 133 Å². The summed E-state index contributed by atoms with van der Waals surface area (Å²) in [5, 5.41) is 2.64. The number of amides is 1. The largest absolute Gasteiger partial charge is 0.484 e. The lowest BCUT2D eigenvalue weighted by Gasteiger charge is -2.13. The summed E-state index contributed by atoms with van der Waals surface area (Å²) >= 11 is 0. The number of hydrogen-bond acceptors (Lipinski definition) is 3. The maximum Gasteiger partial charge on any atom is 0.422 e. The van der Waals surface area contributed by atoms with Gasteiger partial charge in [0.1, 0.15) is 5.75 Å². The summed E-state index contributed by atoms with van der Waals surface area (Å²) in [4.78, 5) is 11.6. The Morgan fingerprint density at radius 2 is 2.00 bits per heavy atom. The number of nitrogens with one attached hydrogen (secondary N) is 1. The van der Waals surface area contributed by atoms with E-state index in [0.717, 1.165) is 0 Å². The van der Waals surface area contributed by atoms with Crippen LogP contribution in [0.3, 0.4) is 0 Å². The van der Waals surface area contributed by atoms with Crippen LogP contribution in [0.15, 0.2) is 24.3 Å². The van der Waals surface area contributed by atoms with Gasteiger partial charge in [-0.1, -0.05) is 18.2 Å². The summed E-state index contributed by atoms with van der Waals surface area (Å²) in [6.07, 6.45) is -3.56. The average molecular weight is 341 g/mol. The van der Waals surface area contributed by atoms with Crippen LogP contribution < -0.4 is 15.8 Å². The number of halogens is 4. The third kappa shape index (κ3) is 8.74. The first-order valence-corrected chi connectivity index (χ1v) is 6.57. The quantitative estimate of drug-likeness (QED) is 0.802. The molecule has 0 aliphatic heterocycles. The molecule has 22 heavy (non-hydrogen) atoms. The van der Waals surface area contributed by atoms with E-state index in [0.29, 0.717) is 12.0 Å². The van der Waals surface area contributed by atoms with Crippen LogP contribution in [-0.4, -0.2) is 24.7 Å². The van der Waals surface area contributed by atoms with E-state index in [2.05, 4.69) is 5.32 Å². The molecule has 1 unspecified atom stereocenters. The second kappa shape index (κ2) is 9.53. The SMILES string of the molecule is CC(N)CCC(=O)NCc1ccccc1OCC(F)(F)F.Cl. The lowest BCUT2D eigenvalue weighted by Crippen LogP contribution is -2.26. The van der Waals surface area contributed by atoms with E-state index in [4.69, 9.17) is 10.5 Å². The first-order chi connectivity index (χ1) is 9.78. The highest BCUT2D eigenvalue weighted by Gasteiger charge is 2.28.